The lowest BCUT2D eigenvalue weighted by molar-refractivity contribution is -0.121. The van der Waals surface area contributed by atoms with Crippen LogP contribution in [-0.4, -0.2) is 33.0 Å². The molecule has 1 N–H and O–H groups in total. The van der Waals surface area contributed by atoms with Crippen molar-refractivity contribution in [3.63, 3.8) is 0 Å². The fraction of sp³-hybridized carbons (Fsp3) is 0.154. The molecule has 0 saturated heterocycles. The van der Waals surface area contributed by atoms with E-state index in [2.05, 4.69) is 26.2 Å². The van der Waals surface area contributed by atoms with Gasteiger partial charge in [0.25, 0.3) is 5.91 Å². The van der Waals surface area contributed by atoms with Crippen LogP contribution < -0.4 is 5.32 Å². The number of hydrazone groups is 1. The number of thioether (sulfide) groups is 1. The zero-order chi connectivity index (χ0) is 24.4. The van der Waals surface area contributed by atoms with Crippen LogP contribution in [0, 0.1) is 5.82 Å². The molecular formula is C26H20BrFN4O2S. The van der Waals surface area contributed by atoms with Gasteiger partial charge in [-0.2, -0.15) is 10.1 Å². The van der Waals surface area contributed by atoms with E-state index in [0.29, 0.717) is 17.3 Å². The summed E-state index contributed by atoms with van der Waals surface area (Å²) in [5.41, 5.74) is 3.32. The van der Waals surface area contributed by atoms with Crippen LogP contribution in [0.25, 0.3) is 0 Å². The van der Waals surface area contributed by atoms with Gasteiger partial charge in [-0.05, 0) is 47.5 Å². The largest absolute Gasteiger partial charge is 0.326 e. The highest BCUT2D eigenvalue weighted by Crippen LogP contribution is 2.38. The summed E-state index contributed by atoms with van der Waals surface area (Å²) in [7, 11) is 0. The number of hydrogen-bond donors (Lipinski definition) is 1. The Bertz CT molecular complexity index is 1330. The van der Waals surface area contributed by atoms with Gasteiger partial charge in [-0.15, -0.1) is 0 Å². The molecule has 5 rings (SSSR count). The summed E-state index contributed by atoms with van der Waals surface area (Å²) in [6, 6.07) is 23.0. The van der Waals surface area contributed by atoms with Gasteiger partial charge >= 0.3 is 0 Å². The third-order valence-corrected chi connectivity index (χ3v) is 7.31. The van der Waals surface area contributed by atoms with E-state index in [9.17, 15) is 14.0 Å². The first-order valence-corrected chi connectivity index (χ1v) is 12.7. The number of rotatable bonds is 5. The molecule has 6 nitrogen and oxygen atoms in total. The van der Waals surface area contributed by atoms with Crippen LogP contribution in [0.3, 0.4) is 0 Å². The quantitative estimate of drug-likeness (QED) is 0.437. The van der Waals surface area contributed by atoms with Crippen LogP contribution in [0.2, 0.25) is 0 Å². The Morgan fingerprint density at radius 1 is 1.09 bits per heavy atom. The Morgan fingerprint density at radius 3 is 2.60 bits per heavy atom. The van der Waals surface area contributed by atoms with Crippen molar-refractivity contribution in [1.29, 1.82) is 0 Å². The van der Waals surface area contributed by atoms with Crippen molar-refractivity contribution in [1.82, 2.24) is 5.01 Å². The van der Waals surface area contributed by atoms with Gasteiger partial charge in [-0.3, -0.25) is 9.59 Å². The molecule has 0 unspecified atom stereocenters. The highest BCUT2D eigenvalue weighted by atomic mass is 79.9. The molecule has 9 heteroatoms. The van der Waals surface area contributed by atoms with E-state index in [1.165, 1.54) is 23.9 Å². The van der Waals surface area contributed by atoms with Gasteiger partial charge in [0.05, 0.1) is 11.8 Å². The predicted octanol–water partition coefficient (Wildman–Crippen LogP) is 5.77. The van der Waals surface area contributed by atoms with Crippen LogP contribution in [0.1, 0.15) is 30.0 Å². The van der Waals surface area contributed by atoms with Gasteiger partial charge in [-0.1, -0.05) is 70.2 Å². The fourth-order valence-corrected chi connectivity index (χ4v) is 5.44. The van der Waals surface area contributed by atoms with Crippen molar-refractivity contribution >= 4 is 56.1 Å². The number of nitrogens with zero attached hydrogens (tertiary/aromatic N) is 3. The molecule has 176 valence electrons. The molecule has 0 saturated carbocycles. The average Bonchev–Trinajstić information content (AvgIpc) is 3.44. The van der Waals surface area contributed by atoms with Gasteiger partial charge in [0, 0.05) is 23.0 Å². The molecule has 2 heterocycles. The van der Waals surface area contributed by atoms with Crippen molar-refractivity contribution < 1.29 is 14.0 Å². The Morgan fingerprint density at radius 2 is 1.86 bits per heavy atom. The molecule has 2 amide bonds. The standard InChI is InChI=1S/C26H20BrFN4O2S/c27-18-6-4-5-17(13-18)21-14-22(16-9-11-19(28)12-10-16)32(31-21)26-30-25(34)23(35-26)15-24(33)29-20-7-2-1-3-8-20/h1-13,22-23H,14-15H2,(H,29,33)/t22-,23+/m0/s1. The second-order valence-electron chi connectivity index (χ2n) is 8.13. The molecule has 2 aliphatic rings. The summed E-state index contributed by atoms with van der Waals surface area (Å²) >= 11 is 4.73. The van der Waals surface area contributed by atoms with Crippen LogP contribution in [0.4, 0.5) is 10.1 Å². The monoisotopic (exact) mass is 550 g/mol. The maximum absolute atomic E-state index is 13.6. The second kappa shape index (κ2) is 10.1. The van der Waals surface area contributed by atoms with Gasteiger partial charge in [0.2, 0.25) is 5.91 Å². The number of carbonyl (C=O) groups is 2. The number of hydrogen-bond acceptors (Lipinski definition) is 5. The van der Waals surface area contributed by atoms with Crippen LogP contribution >= 0.6 is 27.7 Å². The lowest BCUT2D eigenvalue weighted by atomic mass is 9.98. The normalized spacial score (nSPS) is 19.5. The van der Waals surface area contributed by atoms with Crippen molar-refractivity contribution in [2.24, 2.45) is 10.1 Å². The lowest BCUT2D eigenvalue weighted by Crippen LogP contribution is -2.25. The fourth-order valence-electron chi connectivity index (χ4n) is 3.98. The summed E-state index contributed by atoms with van der Waals surface area (Å²) in [6.07, 6.45) is 0.567. The minimum Gasteiger partial charge on any atom is -0.326 e. The van der Waals surface area contributed by atoms with Crippen molar-refractivity contribution in [3.05, 3.63) is 100 Å². The first kappa shape index (κ1) is 23.4. The molecule has 2 atom stereocenters. The maximum atomic E-state index is 13.6. The summed E-state index contributed by atoms with van der Waals surface area (Å²) < 4.78 is 14.5. The number of halogens is 2. The van der Waals surface area contributed by atoms with E-state index in [-0.39, 0.29) is 30.1 Å². The topological polar surface area (TPSA) is 74.1 Å². The number of amidine groups is 1. The smallest absolute Gasteiger partial charge is 0.262 e. The SMILES string of the molecule is O=C(C[C@H]1SC(N2N=C(c3cccc(Br)c3)C[C@H]2c2ccc(F)cc2)=NC1=O)Nc1ccccc1. The zero-order valence-corrected chi connectivity index (χ0v) is 20.8. The molecular weight excluding hydrogens is 531 g/mol. The number of amides is 2. The first-order valence-electron chi connectivity index (χ1n) is 11.0. The third-order valence-electron chi connectivity index (χ3n) is 5.68. The molecule has 35 heavy (non-hydrogen) atoms. The Balaban J connectivity index is 1.37. The van der Waals surface area contributed by atoms with Crippen molar-refractivity contribution in [2.75, 3.05) is 5.32 Å². The summed E-state index contributed by atoms with van der Waals surface area (Å²) in [5, 5.41) is 9.15. The minimum absolute atomic E-state index is 0.00263. The van der Waals surface area contributed by atoms with E-state index in [1.54, 1.807) is 29.3 Å². The van der Waals surface area contributed by atoms with E-state index in [0.717, 1.165) is 21.3 Å². The number of benzene rings is 3. The van der Waals surface area contributed by atoms with E-state index in [1.807, 2.05) is 42.5 Å². The van der Waals surface area contributed by atoms with Crippen LogP contribution in [0.15, 0.2) is 93.4 Å². The lowest BCUT2D eigenvalue weighted by Gasteiger charge is -2.23. The second-order valence-corrected chi connectivity index (χ2v) is 10.2. The highest BCUT2D eigenvalue weighted by molar-refractivity contribution is 9.10. The number of aliphatic imine (C=N–C) groups is 1. The molecule has 0 aromatic heterocycles. The first-order chi connectivity index (χ1) is 17.0. The van der Waals surface area contributed by atoms with Crippen LogP contribution in [0.5, 0.6) is 0 Å². The molecule has 0 bridgehead atoms. The van der Waals surface area contributed by atoms with Crippen molar-refractivity contribution in [3.8, 4) is 0 Å². The van der Waals surface area contributed by atoms with Gasteiger partial charge in [-0.25, -0.2) is 9.40 Å². The van der Waals surface area contributed by atoms with Crippen LogP contribution in [-0.2, 0) is 9.59 Å². The summed E-state index contributed by atoms with van der Waals surface area (Å²) in [6.45, 7) is 0. The third kappa shape index (κ3) is 5.36. The van der Waals surface area contributed by atoms with Gasteiger partial charge < -0.3 is 5.32 Å². The minimum atomic E-state index is -0.632. The Hall–Kier alpha value is -3.30. The number of carbonyl (C=O) groups excluding carboxylic acids is 2. The molecule has 3 aromatic carbocycles. The average molecular weight is 551 g/mol. The Labute approximate surface area is 214 Å². The molecule has 0 radical (unpaired) electrons. The number of para-hydroxylation sites is 1. The van der Waals surface area contributed by atoms with E-state index < -0.39 is 5.25 Å². The van der Waals surface area contributed by atoms with Crippen molar-refractivity contribution in [2.45, 2.75) is 24.1 Å². The molecule has 0 spiro atoms. The predicted molar refractivity (Wildman–Crippen MR) is 140 cm³/mol. The summed E-state index contributed by atoms with van der Waals surface area (Å²) in [4.78, 5) is 29.5. The molecule has 0 aliphatic carbocycles. The molecule has 2 aliphatic heterocycles. The number of nitrogens with one attached hydrogen (secondary N) is 1. The molecule has 0 fully saturated rings. The Kier molecular flexibility index (Phi) is 6.79. The van der Waals surface area contributed by atoms with E-state index >= 15 is 0 Å². The summed E-state index contributed by atoms with van der Waals surface area (Å²) in [5.74, 6) is -0.941. The maximum Gasteiger partial charge on any atom is 0.262 e. The molecule has 3 aromatic rings. The number of anilines is 1. The van der Waals surface area contributed by atoms with E-state index in [4.69, 9.17) is 5.10 Å². The van der Waals surface area contributed by atoms with Gasteiger partial charge in [0.15, 0.2) is 5.17 Å². The highest BCUT2D eigenvalue weighted by Gasteiger charge is 2.39. The zero-order valence-electron chi connectivity index (χ0n) is 18.4. The van der Waals surface area contributed by atoms with Gasteiger partial charge in [0.1, 0.15) is 11.1 Å².